The molecule has 0 amide bonds. The van der Waals surface area contributed by atoms with E-state index in [1.807, 2.05) is 35.9 Å². The minimum Gasteiger partial charge on any atom is -0.475 e. The summed E-state index contributed by atoms with van der Waals surface area (Å²) >= 11 is 0. The molecule has 0 radical (unpaired) electrons. The number of nitrogens with zero attached hydrogens (tertiary/aromatic N) is 3. The van der Waals surface area contributed by atoms with Crippen molar-refractivity contribution >= 4 is 5.65 Å². The molecule has 186 valence electrons. The zero-order valence-corrected chi connectivity index (χ0v) is 20.0. The molecule has 0 bridgehead atoms. The molecule has 2 aromatic heterocycles. The van der Waals surface area contributed by atoms with Gasteiger partial charge in [-0.2, -0.15) is 13.2 Å². The first-order valence-corrected chi connectivity index (χ1v) is 11.8. The molecule has 6 nitrogen and oxygen atoms in total. The van der Waals surface area contributed by atoms with Gasteiger partial charge < -0.3 is 20.2 Å². The quantitative estimate of drug-likeness (QED) is 0.359. The van der Waals surface area contributed by atoms with Crippen molar-refractivity contribution in [2.45, 2.75) is 64.7 Å². The fourth-order valence-corrected chi connectivity index (χ4v) is 3.99. The summed E-state index contributed by atoms with van der Waals surface area (Å²) in [6, 6.07) is 7.98. The maximum Gasteiger partial charge on any atom is 0.389 e. The molecule has 3 atom stereocenters. The summed E-state index contributed by atoms with van der Waals surface area (Å²) in [5, 5.41) is 3.42. The summed E-state index contributed by atoms with van der Waals surface area (Å²) < 4.78 is 45.1. The molecule has 34 heavy (non-hydrogen) atoms. The van der Waals surface area contributed by atoms with E-state index in [4.69, 9.17) is 15.5 Å². The Kier molecular flexibility index (Phi) is 8.90. The zero-order chi connectivity index (χ0) is 24.7. The van der Waals surface area contributed by atoms with Crippen LogP contribution in [0, 0.1) is 5.92 Å². The maximum atomic E-state index is 12.4. The van der Waals surface area contributed by atoms with Gasteiger partial charge >= 0.3 is 6.18 Å². The van der Waals surface area contributed by atoms with Crippen LogP contribution in [0.15, 0.2) is 42.9 Å². The predicted molar refractivity (Wildman–Crippen MR) is 128 cm³/mol. The van der Waals surface area contributed by atoms with E-state index in [1.165, 1.54) is 5.56 Å². The van der Waals surface area contributed by atoms with Gasteiger partial charge in [-0.1, -0.05) is 32.0 Å². The van der Waals surface area contributed by atoms with E-state index in [2.05, 4.69) is 36.3 Å². The van der Waals surface area contributed by atoms with Crippen LogP contribution in [0.1, 0.15) is 58.1 Å². The second-order valence-corrected chi connectivity index (χ2v) is 8.89. The van der Waals surface area contributed by atoms with Gasteiger partial charge in [0.1, 0.15) is 0 Å². The van der Waals surface area contributed by atoms with Gasteiger partial charge in [0, 0.05) is 42.7 Å². The number of halogens is 3. The zero-order valence-electron chi connectivity index (χ0n) is 20.0. The van der Waals surface area contributed by atoms with Crippen LogP contribution in [-0.4, -0.2) is 39.7 Å². The average Bonchev–Trinajstić information content (AvgIpc) is 3.26. The van der Waals surface area contributed by atoms with Crippen LogP contribution < -0.4 is 15.8 Å². The van der Waals surface area contributed by atoms with Crippen molar-refractivity contribution in [2.75, 3.05) is 13.2 Å². The van der Waals surface area contributed by atoms with E-state index in [0.29, 0.717) is 31.0 Å². The molecular formula is C25H34F3N5O. The minimum absolute atomic E-state index is 0.0571. The third kappa shape index (κ3) is 7.43. The smallest absolute Gasteiger partial charge is 0.389 e. The Bertz CT molecular complexity index is 1050. The minimum atomic E-state index is -4.17. The normalized spacial score (nSPS) is 14.8. The number of hydrogen-bond acceptors (Lipinski definition) is 5. The first kappa shape index (κ1) is 26.0. The van der Waals surface area contributed by atoms with Crippen LogP contribution in [0.2, 0.25) is 0 Å². The van der Waals surface area contributed by atoms with Crippen LogP contribution in [0.5, 0.6) is 5.88 Å². The van der Waals surface area contributed by atoms with Gasteiger partial charge in [-0.25, -0.2) is 9.97 Å². The summed E-state index contributed by atoms with van der Waals surface area (Å²) in [5.74, 6) is 0.563. The Morgan fingerprint density at radius 1 is 1.21 bits per heavy atom. The second kappa shape index (κ2) is 11.7. The number of nitrogens with one attached hydrogen (secondary N) is 1. The van der Waals surface area contributed by atoms with Crippen molar-refractivity contribution in [1.29, 1.82) is 0 Å². The maximum absolute atomic E-state index is 12.4. The highest BCUT2D eigenvalue weighted by Gasteiger charge is 2.27. The lowest BCUT2D eigenvalue weighted by atomic mass is 9.96. The first-order valence-electron chi connectivity index (χ1n) is 11.8. The third-order valence-corrected chi connectivity index (χ3v) is 5.89. The Labute approximate surface area is 198 Å². The molecular weight excluding hydrogens is 443 g/mol. The van der Waals surface area contributed by atoms with Crippen LogP contribution in [0.25, 0.3) is 16.9 Å². The summed E-state index contributed by atoms with van der Waals surface area (Å²) in [6.07, 6.45) is 1.57. The molecule has 3 N–H and O–H groups in total. The van der Waals surface area contributed by atoms with Gasteiger partial charge in [0.15, 0.2) is 0 Å². The lowest BCUT2D eigenvalue weighted by Gasteiger charge is -2.18. The van der Waals surface area contributed by atoms with Gasteiger partial charge in [0.25, 0.3) is 5.88 Å². The van der Waals surface area contributed by atoms with Gasteiger partial charge in [-0.15, -0.1) is 0 Å². The number of rotatable bonds is 12. The Balaban J connectivity index is 1.66. The number of alkyl halides is 3. The van der Waals surface area contributed by atoms with Crippen molar-refractivity contribution in [3.63, 3.8) is 0 Å². The summed E-state index contributed by atoms with van der Waals surface area (Å²) in [5.41, 5.74) is 9.43. The molecule has 0 fully saturated rings. The van der Waals surface area contributed by atoms with Gasteiger partial charge in [-0.3, -0.25) is 0 Å². The fourth-order valence-electron chi connectivity index (χ4n) is 3.99. The molecule has 0 aliphatic heterocycles. The average molecular weight is 478 g/mol. The topological polar surface area (TPSA) is 77.5 Å². The molecule has 3 aromatic rings. The molecule has 2 unspecified atom stereocenters. The molecule has 1 aromatic carbocycles. The molecule has 0 saturated carbocycles. The fraction of sp³-hybridized carbons (Fsp3) is 0.520. The second-order valence-electron chi connectivity index (χ2n) is 8.89. The molecule has 2 heterocycles. The number of ether oxygens (including phenoxy) is 1. The van der Waals surface area contributed by atoms with Crippen LogP contribution >= 0.6 is 0 Å². The van der Waals surface area contributed by atoms with Crippen molar-refractivity contribution in [3.8, 4) is 17.1 Å². The van der Waals surface area contributed by atoms with E-state index >= 15 is 0 Å². The van der Waals surface area contributed by atoms with Crippen LogP contribution in [0.4, 0.5) is 13.2 Å². The van der Waals surface area contributed by atoms with Crippen molar-refractivity contribution in [1.82, 2.24) is 19.7 Å². The van der Waals surface area contributed by atoms with E-state index in [9.17, 15) is 13.2 Å². The van der Waals surface area contributed by atoms with Crippen LogP contribution in [-0.2, 0) is 0 Å². The number of hydrogen-bond donors (Lipinski definition) is 2. The van der Waals surface area contributed by atoms with Crippen molar-refractivity contribution in [2.24, 2.45) is 11.7 Å². The van der Waals surface area contributed by atoms with Gasteiger partial charge in [-0.05, 0) is 50.3 Å². The van der Waals surface area contributed by atoms with Crippen molar-refractivity contribution < 1.29 is 17.9 Å². The van der Waals surface area contributed by atoms with Gasteiger partial charge in [0.2, 0.25) is 5.65 Å². The van der Waals surface area contributed by atoms with Gasteiger partial charge in [0.05, 0.1) is 12.3 Å². The highest BCUT2D eigenvalue weighted by Crippen LogP contribution is 2.27. The third-order valence-electron chi connectivity index (χ3n) is 5.89. The highest BCUT2D eigenvalue weighted by molar-refractivity contribution is 5.63. The highest BCUT2D eigenvalue weighted by atomic mass is 19.4. The number of fused-ring (bicyclic) bond motifs is 1. The molecule has 3 rings (SSSR count). The van der Waals surface area contributed by atoms with E-state index in [1.54, 1.807) is 6.20 Å². The Morgan fingerprint density at radius 2 is 2.00 bits per heavy atom. The number of benzene rings is 1. The molecule has 0 aliphatic carbocycles. The molecule has 0 aliphatic rings. The predicted octanol–water partition coefficient (Wildman–Crippen LogP) is 5.53. The SMILES string of the molecule is CCN[C@H](C)c1cccc(-c2cn3ccnc3c(OCCC(C)CC(N)CCC(F)(F)F)n2)c1. The lowest BCUT2D eigenvalue weighted by molar-refractivity contribution is -0.136. The lowest BCUT2D eigenvalue weighted by Crippen LogP contribution is -2.25. The largest absolute Gasteiger partial charge is 0.475 e. The Morgan fingerprint density at radius 3 is 2.74 bits per heavy atom. The van der Waals surface area contributed by atoms with E-state index in [-0.39, 0.29) is 18.4 Å². The number of imidazole rings is 1. The van der Waals surface area contributed by atoms with Crippen molar-refractivity contribution in [3.05, 3.63) is 48.4 Å². The first-order chi connectivity index (χ1) is 16.2. The standard InChI is InChI=1S/C25H34F3N5O/c1-4-30-18(3)19-6-5-7-20(15-19)22-16-33-12-11-31-23(33)24(32-22)34-13-9-17(2)14-21(29)8-10-25(26,27)28/h5-7,11-12,15-18,21,30H,4,8-10,13-14,29H2,1-3H3/t17?,18-,21?/m1/s1. The van der Waals surface area contributed by atoms with E-state index in [0.717, 1.165) is 17.8 Å². The number of nitrogens with two attached hydrogens (primary N) is 1. The molecule has 0 saturated heterocycles. The number of aromatic nitrogens is 3. The molecule has 9 heteroatoms. The summed E-state index contributed by atoms with van der Waals surface area (Å²) in [7, 11) is 0. The monoisotopic (exact) mass is 477 g/mol. The summed E-state index contributed by atoms with van der Waals surface area (Å²) in [6.45, 7) is 7.44. The molecule has 0 spiro atoms. The van der Waals surface area contributed by atoms with E-state index < -0.39 is 18.6 Å². The Hall–Kier alpha value is -2.65. The summed E-state index contributed by atoms with van der Waals surface area (Å²) in [4.78, 5) is 9.08. The van der Waals surface area contributed by atoms with Crippen LogP contribution in [0.3, 0.4) is 0 Å².